The van der Waals surface area contributed by atoms with E-state index in [4.69, 9.17) is 4.52 Å². The number of rotatable bonds is 3. The van der Waals surface area contributed by atoms with E-state index in [9.17, 15) is 4.79 Å². The van der Waals surface area contributed by atoms with Gasteiger partial charge in [0.25, 0.3) is 0 Å². The van der Waals surface area contributed by atoms with Crippen LogP contribution in [-0.2, 0) is 11.2 Å². The number of benzene rings is 1. The van der Waals surface area contributed by atoms with Crippen LogP contribution in [-0.4, -0.2) is 27.5 Å². The number of fused-ring (bicyclic) bond motifs is 1. The highest BCUT2D eigenvalue weighted by atomic mass is 16.5. The van der Waals surface area contributed by atoms with E-state index in [0.717, 1.165) is 32.2 Å². The number of hydrogen-bond donors (Lipinski definition) is 0. The molecule has 0 radical (unpaired) electrons. The third-order valence-corrected chi connectivity index (χ3v) is 5.09. The molecule has 0 spiro atoms. The summed E-state index contributed by atoms with van der Waals surface area (Å²) in [6.45, 7) is 2.58. The zero-order chi connectivity index (χ0) is 15.8. The molecule has 1 aromatic heterocycles. The van der Waals surface area contributed by atoms with Gasteiger partial charge < -0.3 is 9.42 Å². The second-order valence-electron chi connectivity index (χ2n) is 6.56. The SMILES string of the molecule is Cc1nc(C2CCCN2C(=O)CC2CCc3ccccc32)no1. The predicted molar refractivity (Wildman–Crippen MR) is 84.8 cm³/mol. The quantitative estimate of drug-likeness (QED) is 0.873. The van der Waals surface area contributed by atoms with Crippen LogP contribution in [0.2, 0.25) is 0 Å². The number of hydrogen-bond acceptors (Lipinski definition) is 4. The van der Waals surface area contributed by atoms with Crippen LogP contribution in [0.25, 0.3) is 0 Å². The first kappa shape index (κ1) is 14.4. The lowest BCUT2D eigenvalue weighted by Gasteiger charge is -2.24. The molecule has 23 heavy (non-hydrogen) atoms. The third kappa shape index (κ3) is 2.64. The van der Waals surface area contributed by atoms with E-state index < -0.39 is 0 Å². The summed E-state index contributed by atoms with van der Waals surface area (Å²) in [4.78, 5) is 19.1. The van der Waals surface area contributed by atoms with Gasteiger partial charge >= 0.3 is 0 Å². The van der Waals surface area contributed by atoms with Gasteiger partial charge in [-0.05, 0) is 42.7 Å². The van der Waals surface area contributed by atoms with Crippen molar-refractivity contribution in [2.45, 2.75) is 51.0 Å². The third-order valence-electron chi connectivity index (χ3n) is 5.09. The maximum absolute atomic E-state index is 12.8. The number of aromatic nitrogens is 2. The van der Waals surface area contributed by atoms with Crippen molar-refractivity contribution in [1.29, 1.82) is 0 Å². The van der Waals surface area contributed by atoms with Crippen LogP contribution in [0.4, 0.5) is 0 Å². The van der Waals surface area contributed by atoms with Crippen molar-refractivity contribution in [2.75, 3.05) is 6.54 Å². The Morgan fingerprint density at radius 2 is 2.22 bits per heavy atom. The summed E-state index contributed by atoms with van der Waals surface area (Å²) in [6.07, 6.45) is 4.67. The van der Waals surface area contributed by atoms with E-state index in [2.05, 4.69) is 34.4 Å². The van der Waals surface area contributed by atoms with Gasteiger partial charge in [-0.1, -0.05) is 29.4 Å². The van der Waals surface area contributed by atoms with Gasteiger partial charge in [-0.15, -0.1) is 0 Å². The van der Waals surface area contributed by atoms with E-state index >= 15 is 0 Å². The first-order valence-corrected chi connectivity index (χ1v) is 8.40. The Bertz CT molecular complexity index is 725. The van der Waals surface area contributed by atoms with E-state index in [0.29, 0.717) is 24.1 Å². The van der Waals surface area contributed by atoms with Gasteiger partial charge in [-0.25, -0.2) is 0 Å². The Hall–Kier alpha value is -2.17. The number of carbonyl (C=O) groups excluding carboxylic acids is 1. The number of nitrogens with zero attached hydrogens (tertiary/aromatic N) is 3. The lowest BCUT2D eigenvalue weighted by Crippen LogP contribution is -2.31. The highest BCUT2D eigenvalue weighted by molar-refractivity contribution is 5.78. The molecule has 120 valence electrons. The summed E-state index contributed by atoms with van der Waals surface area (Å²) in [5.41, 5.74) is 2.75. The van der Waals surface area contributed by atoms with Crippen molar-refractivity contribution >= 4 is 5.91 Å². The van der Waals surface area contributed by atoms with Crippen molar-refractivity contribution in [2.24, 2.45) is 0 Å². The number of aryl methyl sites for hydroxylation is 2. The summed E-state index contributed by atoms with van der Waals surface area (Å²) < 4.78 is 5.09. The topological polar surface area (TPSA) is 59.2 Å². The summed E-state index contributed by atoms with van der Waals surface area (Å²) >= 11 is 0. The van der Waals surface area contributed by atoms with Gasteiger partial charge in [-0.2, -0.15) is 4.98 Å². The highest BCUT2D eigenvalue weighted by Gasteiger charge is 2.35. The Morgan fingerprint density at radius 3 is 3.04 bits per heavy atom. The summed E-state index contributed by atoms with van der Waals surface area (Å²) in [7, 11) is 0. The minimum atomic E-state index is -0.0170. The molecule has 1 aliphatic heterocycles. The molecule has 1 amide bonds. The predicted octanol–water partition coefficient (Wildman–Crippen LogP) is 3.16. The number of likely N-dealkylation sites (tertiary alicyclic amines) is 1. The molecule has 1 aromatic carbocycles. The highest BCUT2D eigenvalue weighted by Crippen LogP contribution is 2.37. The van der Waals surface area contributed by atoms with Gasteiger partial charge in [0.15, 0.2) is 5.82 Å². The molecular formula is C18H21N3O2. The number of amides is 1. The van der Waals surface area contributed by atoms with Crippen molar-refractivity contribution < 1.29 is 9.32 Å². The van der Waals surface area contributed by atoms with E-state index in [1.807, 2.05) is 4.90 Å². The molecule has 0 saturated carbocycles. The van der Waals surface area contributed by atoms with Crippen LogP contribution in [0.1, 0.15) is 60.5 Å². The fraction of sp³-hybridized carbons (Fsp3) is 0.500. The average Bonchev–Trinajstić information content (AvgIpc) is 3.26. The summed E-state index contributed by atoms with van der Waals surface area (Å²) in [6, 6.07) is 8.49. The molecule has 2 unspecified atom stereocenters. The maximum atomic E-state index is 12.8. The van der Waals surface area contributed by atoms with Crippen LogP contribution in [0, 0.1) is 6.92 Å². The molecule has 5 nitrogen and oxygen atoms in total. The normalized spacial score (nSPS) is 23.3. The van der Waals surface area contributed by atoms with Gasteiger partial charge in [0.1, 0.15) is 0 Å². The van der Waals surface area contributed by atoms with E-state index in [1.165, 1.54) is 11.1 Å². The van der Waals surface area contributed by atoms with Gasteiger partial charge in [0, 0.05) is 19.9 Å². The molecule has 1 fully saturated rings. The maximum Gasteiger partial charge on any atom is 0.223 e. The minimum Gasteiger partial charge on any atom is -0.340 e. The van der Waals surface area contributed by atoms with Crippen molar-refractivity contribution in [3.8, 4) is 0 Å². The molecule has 0 bridgehead atoms. The minimum absolute atomic E-state index is 0.0170. The van der Waals surface area contributed by atoms with Gasteiger partial charge in [0.05, 0.1) is 6.04 Å². The second kappa shape index (κ2) is 5.80. The van der Waals surface area contributed by atoms with Gasteiger partial charge in [-0.3, -0.25) is 4.79 Å². The van der Waals surface area contributed by atoms with Crippen molar-refractivity contribution in [1.82, 2.24) is 15.0 Å². The summed E-state index contributed by atoms with van der Waals surface area (Å²) in [5, 5.41) is 4.02. The number of carbonyl (C=O) groups is 1. The van der Waals surface area contributed by atoms with Crippen LogP contribution in [0.3, 0.4) is 0 Å². The van der Waals surface area contributed by atoms with E-state index in [-0.39, 0.29) is 11.9 Å². The molecular weight excluding hydrogens is 290 g/mol. The largest absolute Gasteiger partial charge is 0.340 e. The molecule has 2 aromatic rings. The zero-order valence-corrected chi connectivity index (χ0v) is 13.4. The van der Waals surface area contributed by atoms with Crippen molar-refractivity contribution in [3.05, 3.63) is 47.1 Å². The fourth-order valence-electron chi connectivity index (χ4n) is 3.97. The monoisotopic (exact) mass is 311 g/mol. The van der Waals surface area contributed by atoms with Crippen LogP contribution in [0.15, 0.2) is 28.8 Å². The lowest BCUT2D eigenvalue weighted by atomic mass is 9.97. The summed E-state index contributed by atoms with van der Waals surface area (Å²) in [5.74, 6) is 1.79. The Kier molecular flexibility index (Phi) is 3.63. The Morgan fingerprint density at radius 1 is 1.35 bits per heavy atom. The molecule has 5 heteroatoms. The smallest absolute Gasteiger partial charge is 0.223 e. The van der Waals surface area contributed by atoms with Crippen LogP contribution >= 0.6 is 0 Å². The first-order valence-electron chi connectivity index (χ1n) is 8.40. The molecule has 0 N–H and O–H groups in total. The average molecular weight is 311 g/mol. The van der Waals surface area contributed by atoms with Gasteiger partial charge in [0.2, 0.25) is 11.8 Å². The zero-order valence-electron chi connectivity index (χ0n) is 13.4. The Balaban J connectivity index is 1.49. The molecule has 2 heterocycles. The molecule has 4 rings (SSSR count). The molecule has 1 saturated heterocycles. The lowest BCUT2D eigenvalue weighted by molar-refractivity contribution is -0.132. The van der Waals surface area contributed by atoms with Crippen LogP contribution in [0.5, 0.6) is 0 Å². The second-order valence-corrected chi connectivity index (χ2v) is 6.56. The van der Waals surface area contributed by atoms with E-state index in [1.54, 1.807) is 6.92 Å². The first-order chi connectivity index (χ1) is 11.2. The van der Waals surface area contributed by atoms with Crippen LogP contribution < -0.4 is 0 Å². The molecule has 2 aliphatic rings. The van der Waals surface area contributed by atoms with Crippen molar-refractivity contribution in [3.63, 3.8) is 0 Å². The Labute approximate surface area is 135 Å². The molecule has 1 aliphatic carbocycles. The fourth-order valence-corrected chi connectivity index (χ4v) is 3.97. The molecule has 2 atom stereocenters. The standard InChI is InChI=1S/C18H21N3O2/c1-12-19-18(20-23-12)16-7-4-10-21(16)17(22)11-14-9-8-13-5-2-3-6-15(13)14/h2-3,5-6,14,16H,4,7-11H2,1H3.